The molecule has 0 saturated carbocycles. The Hall–Kier alpha value is -1.75. The molecule has 0 atom stereocenters. The second kappa shape index (κ2) is 4.86. The zero-order valence-electron chi connectivity index (χ0n) is 10.3. The number of rotatable bonds is 4. The summed E-state index contributed by atoms with van der Waals surface area (Å²) in [5, 5.41) is 0. The van der Waals surface area contributed by atoms with Gasteiger partial charge in [0.05, 0.1) is 11.3 Å². The SMILES string of the molecule is COCCCN1C(=O)C(=O)c2cc(C)cc(F)c21. The molecule has 0 aromatic heterocycles. The van der Waals surface area contributed by atoms with Crippen molar-refractivity contribution in [3.8, 4) is 0 Å². The van der Waals surface area contributed by atoms with E-state index in [9.17, 15) is 14.0 Å². The molecule has 0 bridgehead atoms. The van der Waals surface area contributed by atoms with Gasteiger partial charge in [0.15, 0.2) is 0 Å². The van der Waals surface area contributed by atoms with E-state index >= 15 is 0 Å². The fourth-order valence-electron chi connectivity index (χ4n) is 2.10. The highest BCUT2D eigenvalue weighted by molar-refractivity contribution is 6.52. The summed E-state index contributed by atoms with van der Waals surface area (Å²) < 4.78 is 18.8. The first-order valence-corrected chi connectivity index (χ1v) is 5.71. The van der Waals surface area contributed by atoms with Gasteiger partial charge in [-0.25, -0.2) is 4.39 Å². The average molecular weight is 251 g/mol. The lowest BCUT2D eigenvalue weighted by atomic mass is 10.1. The number of anilines is 1. The number of ketones is 1. The van der Waals surface area contributed by atoms with E-state index in [-0.39, 0.29) is 17.8 Å². The highest BCUT2D eigenvalue weighted by Gasteiger charge is 2.37. The number of methoxy groups -OCH3 is 1. The Kier molecular flexibility index (Phi) is 3.43. The number of carbonyl (C=O) groups excluding carboxylic acids is 2. The molecule has 18 heavy (non-hydrogen) atoms. The Balaban J connectivity index is 2.36. The number of fused-ring (bicyclic) bond motifs is 1. The predicted octanol–water partition coefficient (Wildman–Crippen LogP) is 1.70. The van der Waals surface area contributed by atoms with E-state index in [1.165, 1.54) is 11.0 Å². The van der Waals surface area contributed by atoms with Gasteiger partial charge < -0.3 is 9.64 Å². The van der Waals surface area contributed by atoms with E-state index in [0.29, 0.717) is 18.6 Å². The molecule has 0 saturated heterocycles. The molecule has 0 unspecified atom stereocenters. The van der Waals surface area contributed by atoms with Crippen molar-refractivity contribution in [1.29, 1.82) is 0 Å². The molecule has 1 aliphatic rings. The van der Waals surface area contributed by atoms with Crippen molar-refractivity contribution in [1.82, 2.24) is 0 Å². The number of nitrogens with zero attached hydrogens (tertiary/aromatic N) is 1. The molecule has 0 fully saturated rings. The molecule has 1 aromatic carbocycles. The van der Waals surface area contributed by atoms with Gasteiger partial charge in [0.1, 0.15) is 5.82 Å². The predicted molar refractivity (Wildman–Crippen MR) is 64.3 cm³/mol. The number of halogens is 1. The number of ether oxygens (including phenoxy) is 1. The number of Topliss-reactive ketones (excluding diaryl/α,β-unsaturated/α-hetero) is 1. The lowest BCUT2D eigenvalue weighted by molar-refractivity contribution is -0.114. The van der Waals surface area contributed by atoms with E-state index in [0.717, 1.165) is 0 Å². The van der Waals surface area contributed by atoms with Crippen LogP contribution in [0.5, 0.6) is 0 Å². The summed E-state index contributed by atoms with van der Waals surface area (Å²) in [4.78, 5) is 24.7. The van der Waals surface area contributed by atoms with Crippen LogP contribution in [0.3, 0.4) is 0 Å². The third kappa shape index (κ3) is 2.01. The van der Waals surface area contributed by atoms with Crippen LogP contribution >= 0.6 is 0 Å². The largest absolute Gasteiger partial charge is 0.385 e. The maximum atomic E-state index is 13.9. The maximum Gasteiger partial charge on any atom is 0.299 e. The van der Waals surface area contributed by atoms with Crippen molar-refractivity contribution in [2.45, 2.75) is 13.3 Å². The Morgan fingerprint density at radius 1 is 1.33 bits per heavy atom. The van der Waals surface area contributed by atoms with Gasteiger partial charge in [-0.15, -0.1) is 0 Å². The van der Waals surface area contributed by atoms with E-state index in [1.807, 2.05) is 0 Å². The van der Waals surface area contributed by atoms with Gasteiger partial charge in [-0.1, -0.05) is 0 Å². The summed E-state index contributed by atoms with van der Waals surface area (Å²) in [7, 11) is 1.55. The first kappa shape index (κ1) is 12.7. The standard InChI is InChI=1S/C13H14FNO3/c1-8-6-9-11(10(14)7-8)15(4-3-5-18-2)13(17)12(9)16/h6-7H,3-5H2,1-2H3. The van der Waals surface area contributed by atoms with Crippen LogP contribution in [0.25, 0.3) is 0 Å². The van der Waals surface area contributed by atoms with Crippen LogP contribution in [-0.2, 0) is 9.53 Å². The molecule has 1 aromatic rings. The summed E-state index contributed by atoms with van der Waals surface area (Å²) in [6.07, 6.45) is 0.558. The van der Waals surface area contributed by atoms with Crippen LogP contribution in [-0.4, -0.2) is 32.0 Å². The maximum absolute atomic E-state index is 13.9. The number of benzene rings is 1. The first-order valence-electron chi connectivity index (χ1n) is 5.71. The quantitative estimate of drug-likeness (QED) is 0.604. The number of hydrogen-bond acceptors (Lipinski definition) is 3. The molecule has 0 radical (unpaired) electrons. The summed E-state index contributed by atoms with van der Waals surface area (Å²) >= 11 is 0. The molecule has 2 rings (SSSR count). The minimum atomic E-state index is -0.661. The number of hydrogen-bond donors (Lipinski definition) is 0. The molecule has 4 nitrogen and oxygen atoms in total. The molecule has 0 spiro atoms. The van der Waals surface area contributed by atoms with Gasteiger partial charge in [0.25, 0.3) is 11.7 Å². The Labute approximate surface area is 104 Å². The van der Waals surface area contributed by atoms with Crippen LogP contribution < -0.4 is 4.90 Å². The molecule has 0 aliphatic carbocycles. The van der Waals surface area contributed by atoms with Gasteiger partial charge >= 0.3 is 0 Å². The number of amides is 1. The monoisotopic (exact) mass is 251 g/mol. The fraction of sp³-hybridized carbons (Fsp3) is 0.385. The van der Waals surface area contributed by atoms with E-state index in [1.54, 1.807) is 20.1 Å². The highest BCUT2D eigenvalue weighted by Crippen LogP contribution is 2.32. The second-order valence-electron chi connectivity index (χ2n) is 4.28. The van der Waals surface area contributed by atoms with Crippen molar-refractivity contribution < 1.29 is 18.7 Å². The molecular formula is C13H14FNO3. The van der Waals surface area contributed by atoms with Crippen LogP contribution in [0.15, 0.2) is 12.1 Å². The molecule has 1 amide bonds. The lowest BCUT2D eigenvalue weighted by Crippen LogP contribution is -2.31. The van der Waals surface area contributed by atoms with Crippen LogP contribution in [0.4, 0.5) is 10.1 Å². The number of aryl methyl sites for hydroxylation is 1. The zero-order valence-corrected chi connectivity index (χ0v) is 10.3. The third-order valence-corrected chi connectivity index (χ3v) is 2.89. The van der Waals surface area contributed by atoms with Gasteiger partial charge in [0, 0.05) is 20.3 Å². The first-order chi connectivity index (χ1) is 8.56. The van der Waals surface area contributed by atoms with E-state index in [4.69, 9.17) is 4.74 Å². The summed E-state index contributed by atoms with van der Waals surface area (Å²) in [5.74, 6) is -1.82. The van der Waals surface area contributed by atoms with Crippen LogP contribution in [0.2, 0.25) is 0 Å². The van der Waals surface area contributed by atoms with E-state index in [2.05, 4.69) is 0 Å². The van der Waals surface area contributed by atoms with Gasteiger partial charge in [0.2, 0.25) is 0 Å². The smallest absolute Gasteiger partial charge is 0.299 e. The second-order valence-corrected chi connectivity index (χ2v) is 4.28. The molecule has 1 heterocycles. The van der Waals surface area contributed by atoms with Gasteiger partial charge in [-0.2, -0.15) is 0 Å². The zero-order chi connectivity index (χ0) is 13.3. The van der Waals surface area contributed by atoms with Gasteiger partial charge in [-0.3, -0.25) is 9.59 Å². The van der Waals surface area contributed by atoms with E-state index < -0.39 is 17.5 Å². The third-order valence-electron chi connectivity index (χ3n) is 2.89. The van der Waals surface area contributed by atoms with Crippen molar-refractivity contribution >= 4 is 17.4 Å². The summed E-state index contributed by atoms with van der Waals surface area (Å²) in [5.41, 5.74) is 0.896. The Morgan fingerprint density at radius 3 is 2.72 bits per heavy atom. The topological polar surface area (TPSA) is 46.6 Å². The minimum Gasteiger partial charge on any atom is -0.385 e. The fourth-order valence-corrected chi connectivity index (χ4v) is 2.10. The van der Waals surface area contributed by atoms with Crippen molar-refractivity contribution in [3.05, 3.63) is 29.1 Å². The molecule has 1 aliphatic heterocycles. The highest BCUT2D eigenvalue weighted by atomic mass is 19.1. The molecular weight excluding hydrogens is 237 g/mol. The number of carbonyl (C=O) groups is 2. The van der Waals surface area contributed by atoms with Crippen molar-refractivity contribution in [2.75, 3.05) is 25.2 Å². The van der Waals surface area contributed by atoms with Crippen LogP contribution in [0.1, 0.15) is 22.3 Å². The Bertz CT molecular complexity index is 513. The van der Waals surface area contributed by atoms with Gasteiger partial charge in [-0.05, 0) is 31.0 Å². The molecule has 0 N–H and O–H groups in total. The average Bonchev–Trinajstić information content (AvgIpc) is 2.55. The molecule has 96 valence electrons. The normalized spacial score (nSPS) is 14.3. The minimum absolute atomic E-state index is 0.103. The van der Waals surface area contributed by atoms with Crippen molar-refractivity contribution in [3.63, 3.8) is 0 Å². The summed E-state index contributed by atoms with van der Waals surface area (Å²) in [6.45, 7) is 2.43. The van der Waals surface area contributed by atoms with Crippen molar-refractivity contribution in [2.24, 2.45) is 0 Å². The summed E-state index contributed by atoms with van der Waals surface area (Å²) in [6, 6.07) is 2.88. The lowest BCUT2D eigenvalue weighted by Gasteiger charge is -2.16. The Morgan fingerprint density at radius 2 is 2.06 bits per heavy atom. The molecule has 5 heteroatoms. The van der Waals surface area contributed by atoms with Crippen LogP contribution in [0, 0.1) is 12.7 Å².